The first-order valence-corrected chi connectivity index (χ1v) is 7.96. The number of rotatable bonds is 3. The van der Waals surface area contributed by atoms with Gasteiger partial charge >= 0.3 is 5.97 Å². The van der Waals surface area contributed by atoms with Gasteiger partial charge in [-0.05, 0) is 35.2 Å². The number of aryl methyl sites for hydroxylation is 1. The number of carbonyl (C=O) groups is 1. The molecule has 1 saturated heterocycles. The summed E-state index contributed by atoms with van der Waals surface area (Å²) in [5.41, 5.74) is 1.24. The van der Waals surface area contributed by atoms with E-state index in [2.05, 4.69) is 40.2 Å². The summed E-state index contributed by atoms with van der Waals surface area (Å²) < 4.78 is 6.39. The average Bonchev–Trinajstić information content (AvgIpc) is 2.46. The van der Waals surface area contributed by atoms with Crippen molar-refractivity contribution in [2.45, 2.75) is 37.9 Å². The predicted molar refractivity (Wildman–Crippen MR) is 85.1 cm³/mol. The van der Waals surface area contributed by atoms with Crippen LogP contribution < -0.4 is 0 Å². The van der Waals surface area contributed by atoms with Gasteiger partial charge in [-0.2, -0.15) is 0 Å². The molecule has 3 nitrogen and oxygen atoms in total. The molecule has 1 heterocycles. The van der Waals surface area contributed by atoms with Gasteiger partial charge in [-0.3, -0.25) is 4.79 Å². The molecule has 0 saturated carbocycles. The third-order valence-corrected chi connectivity index (χ3v) is 4.62. The summed E-state index contributed by atoms with van der Waals surface area (Å²) in [4.78, 5) is 11.4. The minimum atomic E-state index is -0.557. The number of aliphatic hydroxyl groups excluding tert-OH is 1. The Balaban J connectivity index is 1.76. The molecule has 0 spiro atoms. The Morgan fingerprint density at radius 3 is 2.71 bits per heavy atom. The molecule has 2 aromatic rings. The fraction of sp³-hybridized carbons (Fsp3) is 0.353. The van der Waals surface area contributed by atoms with Crippen molar-refractivity contribution in [1.29, 1.82) is 0 Å². The normalized spacial score (nSPS) is 22.3. The summed E-state index contributed by atoms with van der Waals surface area (Å²) in [5, 5.41) is 12.1. The van der Waals surface area contributed by atoms with Gasteiger partial charge < -0.3 is 9.84 Å². The fourth-order valence-electron chi connectivity index (χ4n) is 2.90. The molecule has 1 aliphatic rings. The molecule has 1 aliphatic heterocycles. The number of halogens is 1. The lowest BCUT2D eigenvalue weighted by Crippen LogP contribution is -2.32. The molecule has 0 amide bonds. The van der Waals surface area contributed by atoms with Crippen LogP contribution in [0.5, 0.6) is 0 Å². The Hall–Kier alpha value is -1.39. The molecule has 4 heteroatoms. The SMILES string of the molecule is O=C1C[C@H](O)C[C@@H](CCc2ccc(Br)c3ccccc23)O1. The lowest BCUT2D eigenvalue weighted by atomic mass is 9.96. The molecule has 0 aromatic heterocycles. The largest absolute Gasteiger partial charge is 0.462 e. The molecule has 3 rings (SSSR count). The first-order valence-electron chi connectivity index (χ1n) is 7.17. The first-order chi connectivity index (χ1) is 10.1. The van der Waals surface area contributed by atoms with Crippen LogP contribution in [0.4, 0.5) is 0 Å². The lowest BCUT2D eigenvalue weighted by molar-refractivity contribution is -0.160. The fourth-order valence-corrected chi connectivity index (χ4v) is 3.38. The van der Waals surface area contributed by atoms with Crippen LogP contribution >= 0.6 is 15.9 Å². The predicted octanol–water partition coefficient (Wildman–Crippen LogP) is 3.60. The Kier molecular flexibility index (Phi) is 4.27. The van der Waals surface area contributed by atoms with Gasteiger partial charge in [0.25, 0.3) is 0 Å². The highest BCUT2D eigenvalue weighted by atomic mass is 79.9. The van der Waals surface area contributed by atoms with Gasteiger partial charge in [-0.1, -0.05) is 46.3 Å². The molecule has 0 aliphatic carbocycles. The van der Waals surface area contributed by atoms with Crippen molar-refractivity contribution in [3.63, 3.8) is 0 Å². The van der Waals surface area contributed by atoms with Crippen LogP contribution in [-0.4, -0.2) is 23.3 Å². The third kappa shape index (κ3) is 3.27. The molecule has 2 aromatic carbocycles. The summed E-state index contributed by atoms with van der Waals surface area (Å²) in [7, 11) is 0. The van der Waals surface area contributed by atoms with E-state index in [9.17, 15) is 9.90 Å². The summed E-state index contributed by atoms with van der Waals surface area (Å²) in [6.45, 7) is 0. The standard InChI is InChI=1S/C17H17BrO3/c18-16-8-6-11(14-3-1-2-4-15(14)16)5-7-13-9-12(19)10-17(20)21-13/h1-4,6,8,12-13,19H,5,7,9-10H2/t12-,13-/m1/s1. The number of hydrogen-bond donors (Lipinski definition) is 1. The van der Waals surface area contributed by atoms with E-state index >= 15 is 0 Å². The Morgan fingerprint density at radius 1 is 1.19 bits per heavy atom. The highest BCUT2D eigenvalue weighted by Gasteiger charge is 2.26. The number of hydrogen-bond acceptors (Lipinski definition) is 3. The van der Waals surface area contributed by atoms with E-state index in [1.165, 1.54) is 16.3 Å². The molecule has 1 N–H and O–H groups in total. The van der Waals surface area contributed by atoms with E-state index in [4.69, 9.17) is 4.74 Å². The molecule has 0 unspecified atom stereocenters. The molecule has 21 heavy (non-hydrogen) atoms. The number of ether oxygens (including phenoxy) is 1. The van der Waals surface area contributed by atoms with Crippen molar-refractivity contribution < 1.29 is 14.6 Å². The van der Waals surface area contributed by atoms with Crippen molar-refractivity contribution in [2.24, 2.45) is 0 Å². The van der Waals surface area contributed by atoms with Crippen molar-refractivity contribution in [3.05, 3.63) is 46.4 Å². The van der Waals surface area contributed by atoms with Crippen molar-refractivity contribution in [3.8, 4) is 0 Å². The van der Waals surface area contributed by atoms with Crippen molar-refractivity contribution in [2.75, 3.05) is 0 Å². The minimum Gasteiger partial charge on any atom is -0.462 e. The zero-order chi connectivity index (χ0) is 14.8. The topological polar surface area (TPSA) is 46.5 Å². The molecule has 110 valence electrons. The van der Waals surface area contributed by atoms with E-state index in [1.807, 2.05) is 12.1 Å². The highest BCUT2D eigenvalue weighted by molar-refractivity contribution is 9.10. The first kappa shape index (κ1) is 14.5. The van der Waals surface area contributed by atoms with Gasteiger partial charge in [0.2, 0.25) is 0 Å². The second kappa shape index (κ2) is 6.16. The Morgan fingerprint density at radius 2 is 1.95 bits per heavy atom. The average molecular weight is 349 g/mol. The second-order valence-electron chi connectivity index (χ2n) is 5.50. The van der Waals surface area contributed by atoms with Gasteiger partial charge in [-0.25, -0.2) is 0 Å². The smallest absolute Gasteiger partial charge is 0.308 e. The maximum atomic E-state index is 11.4. The molecule has 1 fully saturated rings. The van der Waals surface area contributed by atoms with Gasteiger partial charge in [0, 0.05) is 10.9 Å². The monoisotopic (exact) mass is 348 g/mol. The van der Waals surface area contributed by atoms with Crippen molar-refractivity contribution >= 4 is 32.7 Å². The maximum Gasteiger partial charge on any atom is 0.308 e. The van der Waals surface area contributed by atoms with E-state index in [1.54, 1.807) is 0 Å². The van der Waals surface area contributed by atoms with Crippen LogP contribution in [0.2, 0.25) is 0 Å². The quantitative estimate of drug-likeness (QED) is 0.862. The molecule has 0 bridgehead atoms. The number of esters is 1. The van der Waals surface area contributed by atoms with Crippen LogP contribution in [0.15, 0.2) is 40.9 Å². The van der Waals surface area contributed by atoms with E-state index in [-0.39, 0.29) is 18.5 Å². The molecule has 0 radical (unpaired) electrons. The van der Waals surface area contributed by atoms with Gasteiger partial charge in [0.05, 0.1) is 12.5 Å². The lowest BCUT2D eigenvalue weighted by Gasteiger charge is -2.26. The van der Waals surface area contributed by atoms with E-state index in [0.29, 0.717) is 6.42 Å². The second-order valence-corrected chi connectivity index (χ2v) is 6.35. The van der Waals surface area contributed by atoms with Gasteiger partial charge in [-0.15, -0.1) is 0 Å². The van der Waals surface area contributed by atoms with Crippen molar-refractivity contribution in [1.82, 2.24) is 0 Å². The summed E-state index contributed by atoms with van der Waals surface area (Å²) in [5.74, 6) is -0.292. The van der Waals surface area contributed by atoms with Gasteiger partial charge in [0.15, 0.2) is 0 Å². The molecular weight excluding hydrogens is 332 g/mol. The zero-order valence-corrected chi connectivity index (χ0v) is 13.2. The number of cyclic esters (lactones) is 1. The number of benzene rings is 2. The number of aliphatic hydroxyl groups is 1. The maximum absolute atomic E-state index is 11.4. The Labute approximate surface area is 132 Å². The van der Waals surface area contributed by atoms with Crippen LogP contribution in [0, 0.1) is 0 Å². The number of fused-ring (bicyclic) bond motifs is 1. The molecule has 2 atom stereocenters. The van der Waals surface area contributed by atoms with Crippen LogP contribution in [0.25, 0.3) is 10.8 Å². The highest BCUT2D eigenvalue weighted by Crippen LogP contribution is 2.28. The third-order valence-electron chi connectivity index (χ3n) is 3.93. The Bertz CT molecular complexity index is 668. The van der Waals surface area contributed by atoms with Crippen LogP contribution in [0.1, 0.15) is 24.8 Å². The summed E-state index contributed by atoms with van der Waals surface area (Å²) in [6.07, 6.45) is 1.51. The van der Waals surface area contributed by atoms with Gasteiger partial charge in [0.1, 0.15) is 6.10 Å². The zero-order valence-electron chi connectivity index (χ0n) is 11.6. The van der Waals surface area contributed by atoms with E-state index in [0.717, 1.165) is 17.3 Å². The number of carbonyl (C=O) groups excluding carboxylic acids is 1. The summed E-state index contributed by atoms with van der Waals surface area (Å²) >= 11 is 3.57. The summed E-state index contributed by atoms with van der Waals surface area (Å²) in [6, 6.07) is 12.4. The molecular formula is C17H17BrO3. The van der Waals surface area contributed by atoms with Crippen LogP contribution in [-0.2, 0) is 16.0 Å². The van der Waals surface area contributed by atoms with E-state index < -0.39 is 6.10 Å². The minimum absolute atomic E-state index is 0.123. The van der Waals surface area contributed by atoms with Crippen LogP contribution in [0.3, 0.4) is 0 Å².